The molecule has 2 unspecified atom stereocenters. The van der Waals surface area contributed by atoms with Gasteiger partial charge in [-0.3, -0.25) is 4.79 Å². The molecule has 1 aliphatic rings. The van der Waals surface area contributed by atoms with Crippen LogP contribution in [0.25, 0.3) is 17.1 Å². The van der Waals surface area contributed by atoms with Gasteiger partial charge >= 0.3 is 6.36 Å². The highest BCUT2D eigenvalue weighted by Gasteiger charge is 2.31. The molecule has 1 fully saturated rings. The number of thioether (sulfide) groups is 1. The van der Waals surface area contributed by atoms with Crippen LogP contribution in [0.4, 0.5) is 18.9 Å². The summed E-state index contributed by atoms with van der Waals surface area (Å²) in [6.45, 7) is 9.04. The minimum atomic E-state index is -4.75. The Morgan fingerprint density at radius 2 is 1.78 bits per heavy atom. The van der Waals surface area contributed by atoms with Gasteiger partial charge in [0.2, 0.25) is 5.91 Å². The second kappa shape index (κ2) is 13.8. The Hall–Kier alpha value is -4.25. The van der Waals surface area contributed by atoms with Crippen LogP contribution in [0.1, 0.15) is 49.3 Å². The lowest BCUT2D eigenvalue weighted by molar-refractivity contribution is -0.274. The number of rotatable bonds is 9. The summed E-state index contributed by atoms with van der Waals surface area (Å²) in [5.74, 6) is 1.17. The maximum absolute atomic E-state index is 13.2. The molecule has 11 heteroatoms. The van der Waals surface area contributed by atoms with Crippen LogP contribution in [0.15, 0.2) is 84.2 Å². The molecule has 0 bridgehead atoms. The first-order valence-corrected chi connectivity index (χ1v) is 15.9. The molecule has 0 saturated carbocycles. The van der Waals surface area contributed by atoms with Gasteiger partial charge in [0, 0.05) is 41.6 Å². The van der Waals surface area contributed by atoms with Gasteiger partial charge in [-0.05, 0) is 74.6 Å². The molecule has 0 radical (unpaired) electrons. The van der Waals surface area contributed by atoms with Gasteiger partial charge in [-0.2, -0.15) is 0 Å². The van der Waals surface area contributed by atoms with Crippen LogP contribution in [0.3, 0.4) is 0 Å². The smallest absolute Gasteiger partial charge is 0.406 e. The first-order chi connectivity index (χ1) is 21.5. The number of aromatic nitrogens is 3. The molecule has 45 heavy (non-hydrogen) atoms. The van der Waals surface area contributed by atoms with E-state index < -0.39 is 6.36 Å². The topological polar surface area (TPSA) is 72.3 Å². The SMILES string of the molecule is CCC(CNC(=O)/C=C1\SCCC(C)N1c1c(C)cccc1C)c1ccc(-c2ncn(-c3ccc(OC(F)(F)F)cc3)n2)cc1. The number of anilines is 1. The average Bonchev–Trinajstić information content (AvgIpc) is 3.49. The Morgan fingerprint density at radius 3 is 2.42 bits per heavy atom. The quantitative estimate of drug-likeness (QED) is 0.188. The van der Waals surface area contributed by atoms with Crippen LogP contribution in [0, 0.1) is 13.8 Å². The van der Waals surface area contributed by atoms with E-state index in [9.17, 15) is 18.0 Å². The number of amides is 1. The van der Waals surface area contributed by atoms with E-state index in [0.29, 0.717) is 24.1 Å². The molecule has 5 rings (SSSR count). The van der Waals surface area contributed by atoms with Crippen molar-refractivity contribution in [2.45, 2.75) is 58.9 Å². The Labute approximate surface area is 265 Å². The summed E-state index contributed by atoms with van der Waals surface area (Å²) in [5, 5.41) is 8.58. The number of hydrogen-bond donors (Lipinski definition) is 1. The summed E-state index contributed by atoms with van der Waals surface area (Å²) in [5.41, 5.74) is 6.01. The summed E-state index contributed by atoms with van der Waals surface area (Å²) in [6, 6.07) is 19.9. The normalized spacial score (nSPS) is 16.9. The highest BCUT2D eigenvalue weighted by atomic mass is 32.2. The van der Waals surface area contributed by atoms with Crippen molar-refractivity contribution in [3.63, 3.8) is 0 Å². The van der Waals surface area contributed by atoms with Gasteiger partial charge in [-0.15, -0.1) is 30.0 Å². The highest BCUT2D eigenvalue weighted by molar-refractivity contribution is 8.03. The van der Waals surface area contributed by atoms with E-state index in [4.69, 9.17) is 0 Å². The van der Waals surface area contributed by atoms with E-state index in [2.05, 4.69) is 70.9 Å². The molecule has 3 aromatic carbocycles. The Morgan fingerprint density at radius 1 is 1.09 bits per heavy atom. The third kappa shape index (κ3) is 7.89. The van der Waals surface area contributed by atoms with E-state index in [0.717, 1.165) is 34.8 Å². The minimum absolute atomic E-state index is 0.106. The zero-order valence-electron chi connectivity index (χ0n) is 25.6. The molecule has 2 atom stereocenters. The van der Waals surface area contributed by atoms with E-state index in [1.807, 2.05) is 24.3 Å². The second-order valence-electron chi connectivity index (χ2n) is 11.1. The number of ether oxygens (including phenoxy) is 1. The van der Waals surface area contributed by atoms with Crippen LogP contribution < -0.4 is 15.0 Å². The van der Waals surface area contributed by atoms with Crippen LogP contribution >= 0.6 is 11.8 Å². The fourth-order valence-electron chi connectivity index (χ4n) is 5.49. The van der Waals surface area contributed by atoms with Crippen molar-refractivity contribution in [2.75, 3.05) is 17.2 Å². The molecule has 236 valence electrons. The van der Waals surface area contributed by atoms with E-state index in [1.54, 1.807) is 17.8 Å². The summed E-state index contributed by atoms with van der Waals surface area (Å²) < 4.78 is 42.8. The molecule has 1 aromatic heterocycles. The number of carbonyl (C=O) groups excluding carboxylic acids is 1. The Bertz CT molecular complexity index is 1630. The lowest BCUT2D eigenvalue weighted by Gasteiger charge is -2.38. The molecular weight excluding hydrogens is 599 g/mol. The van der Waals surface area contributed by atoms with Crippen molar-refractivity contribution in [3.8, 4) is 22.8 Å². The first-order valence-electron chi connectivity index (χ1n) is 14.9. The monoisotopic (exact) mass is 635 g/mol. The summed E-state index contributed by atoms with van der Waals surface area (Å²) in [6.07, 6.45) is 0.395. The number of nitrogens with one attached hydrogen (secondary N) is 1. The molecule has 1 amide bonds. The van der Waals surface area contributed by atoms with Crippen molar-refractivity contribution in [2.24, 2.45) is 0 Å². The summed E-state index contributed by atoms with van der Waals surface area (Å²) in [7, 11) is 0. The largest absolute Gasteiger partial charge is 0.573 e. The van der Waals surface area contributed by atoms with Gasteiger partial charge in [0.05, 0.1) is 10.7 Å². The van der Waals surface area contributed by atoms with Gasteiger partial charge in [-0.1, -0.05) is 49.4 Å². The van der Waals surface area contributed by atoms with Crippen LogP contribution in [0.2, 0.25) is 0 Å². The van der Waals surface area contributed by atoms with Gasteiger partial charge in [0.15, 0.2) is 5.82 Å². The molecule has 0 spiro atoms. The fraction of sp³-hybridized carbons (Fsp3) is 0.324. The van der Waals surface area contributed by atoms with E-state index in [-0.39, 0.29) is 17.6 Å². The predicted octanol–water partition coefficient (Wildman–Crippen LogP) is 7.93. The van der Waals surface area contributed by atoms with Gasteiger partial charge < -0.3 is 15.0 Å². The third-order valence-electron chi connectivity index (χ3n) is 7.88. The number of halogens is 3. The number of nitrogens with zero attached hydrogens (tertiary/aromatic N) is 4. The first kappa shape index (κ1) is 32.2. The molecule has 1 N–H and O–H groups in total. The minimum Gasteiger partial charge on any atom is -0.406 e. The number of benzene rings is 3. The van der Waals surface area contributed by atoms with Crippen LogP contribution in [0.5, 0.6) is 5.75 Å². The molecular formula is C34H36F3N5O2S. The molecule has 7 nitrogen and oxygen atoms in total. The molecule has 0 aliphatic carbocycles. The number of hydrogen-bond acceptors (Lipinski definition) is 6. The molecule has 1 aliphatic heterocycles. The van der Waals surface area contributed by atoms with Gasteiger partial charge in [0.25, 0.3) is 0 Å². The fourth-order valence-corrected chi connectivity index (χ4v) is 6.76. The maximum atomic E-state index is 13.2. The third-order valence-corrected chi connectivity index (χ3v) is 8.93. The zero-order valence-corrected chi connectivity index (χ0v) is 26.5. The maximum Gasteiger partial charge on any atom is 0.573 e. The molecule has 1 saturated heterocycles. The predicted molar refractivity (Wildman–Crippen MR) is 173 cm³/mol. The van der Waals surface area contributed by atoms with Crippen molar-refractivity contribution in [1.82, 2.24) is 20.1 Å². The van der Waals surface area contributed by atoms with E-state index >= 15 is 0 Å². The number of carbonyl (C=O) groups is 1. The van der Waals surface area contributed by atoms with Gasteiger partial charge in [0.1, 0.15) is 12.1 Å². The number of alkyl halides is 3. The number of para-hydroxylation sites is 1. The standard InChI is InChI=1S/C34H36F3N5O2S/c1-5-25(20-38-30(43)19-31-42(24(4)17-18-45-31)32-22(2)7-6-8-23(32)3)26-9-11-27(12-10-26)33-39-21-41(40-33)28-13-15-29(16-14-28)44-34(35,36)37/h6-16,19,21,24-25H,5,17-18,20H2,1-4H3,(H,38,43)/b31-19-. The van der Waals surface area contributed by atoms with Gasteiger partial charge in [-0.25, -0.2) is 9.67 Å². The lowest BCUT2D eigenvalue weighted by atomic mass is 9.95. The summed E-state index contributed by atoms with van der Waals surface area (Å²) in [4.78, 5) is 19.8. The molecule has 2 heterocycles. The average molecular weight is 636 g/mol. The van der Waals surface area contributed by atoms with Crippen LogP contribution in [-0.2, 0) is 4.79 Å². The second-order valence-corrected chi connectivity index (χ2v) is 12.2. The highest BCUT2D eigenvalue weighted by Crippen LogP contribution is 2.38. The Kier molecular flexibility index (Phi) is 9.86. The number of aryl methyl sites for hydroxylation is 2. The Balaban J connectivity index is 1.23. The van der Waals surface area contributed by atoms with Crippen molar-refractivity contribution in [3.05, 3.63) is 101 Å². The van der Waals surface area contributed by atoms with Crippen LogP contribution in [-0.4, -0.2) is 45.4 Å². The van der Waals surface area contributed by atoms with Crippen molar-refractivity contribution >= 4 is 23.4 Å². The van der Waals surface area contributed by atoms with Crippen molar-refractivity contribution in [1.29, 1.82) is 0 Å². The van der Waals surface area contributed by atoms with E-state index in [1.165, 1.54) is 52.1 Å². The van der Waals surface area contributed by atoms with Crippen molar-refractivity contribution < 1.29 is 22.7 Å². The zero-order chi connectivity index (χ0) is 32.1. The molecule has 4 aromatic rings. The lowest BCUT2D eigenvalue weighted by Crippen LogP contribution is -2.37. The summed E-state index contributed by atoms with van der Waals surface area (Å²) >= 11 is 1.72.